The molecule has 1 unspecified atom stereocenters. The summed E-state index contributed by atoms with van der Waals surface area (Å²) < 4.78 is 7.48. The van der Waals surface area contributed by atoms with E-state index in [-0.39, 0.29) is 12.0 Å². The maximum absolute atomic E-state index is 12.4. The van der Waals surface area contributed by atoms with Crippen molar-refractivity contribution in [3.05, 3.63) is 18.0 Å². The Balaban J connectivity index is 2.14. The zero-order valence-electron chi connectivity index (χ0n) is 11.1. The molecule has 1 amide bonds. The summed E-state index contributed by atoms with van der Waals surface area (Å²) in [4.78, 5) is 14.3. The molecule has 0 aromatic carbocycles. The van der Waals surface area contributed by atoms with Crippen molar-refractivity contribution in [2.45, 2.75) is 32.9 Å². The first-order valence-electron chi connectivity index (χ1n) is 6.52. The number of nitrogen functional groups attached to an aromatic ring is 1. The van der Waals surface area contributed by atoms with E-state index in [4.69, 9.17) is 10.5 Å². The van der Waals surface area contributed by atoms with Gasteiger partial charge in [0.15, 0.2) is 0 Å². The van der Waals surface area contributed by atoms with Crippen LogP contribution in [0.3, 0.4) is 0 Å². The van der Waals surface area contributed by atoms with Crippen molar-refractivity contribution < 1.29 is 9.53 Å². The number of nitrogens with two attached hydrogens (primary N) is 1. The van der Waals surface area contributed by atoms with Gasteiger partial charge in [-0.3, -0.25) is 4.79 Å². The van der Waals surface area contributed by atoms with Crippen molar-refractivity contribution in [2.24, 2.45) is 0 Å². The van der Waals surface area contributed by atoms with E-state index in [1.165, 1.54) is 0 Å². The topological polar surface area (TPSA) is 60.5 Å². The highest BCUT2D eigenvalue weighted by molar-refractivity contribution is 5.94. The molecule has 2 rings (SSSR count). The van der Waals surface area contributed by atoms with Crippen molar-refractivity contribution in [1.29, 1.82) is 0 Å². The third-order valence-corrected chi connectivity index (χ3v) is 3.36. The van der Waals surface area contributed by atoms with Crippen LogP contribution < -0.4 is 5.73 Å². The normalized spacial score (nSPS) is 20.1. The Labute approximate surface area is 108 Å². The summed E-state index contributed by atoms with van der Waals surface area (Å²) in [6.07, 6.45) is 2.90. The fraction of sp³-hybridized carbons (Fsp3) is 0.615. The smallest absolute Gasteiger partial charge is 0.270 e. The molecule has 1 aromatic rings. The molecule has 2 heterocycles. The van der Waals surface area contributed by atoms with Gasteiger partial charge in [0.2, 0.25) is 0 Å². The maximum Gasteiger partial charge on any atom is 0.270 e. The Hall–Kier alpha value is -1.49. The first-order chi connectivity index (χ1) is 8.65. The molecule has 0 bridgehead atoms. The van der Waals surface area contributed by atoms with Crippen LogP contribution in [0.5, 0.6) is 0 Å². The van der Waals surface area contributed by atoms with Crippen molar-refractivity contribution in [1.82, 2.24) is 9.47 Å². The predicted molar refractivity (Wildman–Crippen MR) is 70.5 cm³/mol. The summed E-state index contributed by atoms with van der Waals surface area (Å²) in [7, 11) is 0. The van der Waals surface area contributed by atoms with E-state index in [0.717, 1.165) is 13.0 Å². The second-order valence-corrected chi connectivity index (χ2v) is 4.60. The third kappa shape index (κ3) is 2.51. The van der Waals surface area contributed by atoms with Gasteiger partial charge in [0, 0.05) is 25.8 Å². The second-order valence-electron chi connectivity index (χ2n) is 4.60. The summed E-state index contributed by atoms with van der Waals surface area (Å²) in [6, 6.07) is 1.75. The van der Waals surface area contributed by atoms with Gasteiger partial charge in [-0.1, -0.05) is 6.92 Å². The highest BCUT2D eigenvalue weighted by Crippen LogP contribution is 2.16. The van der Waals surface area contributed by atoms with Gasteiger partial charge >= 0.3 is 0 Å². The van der Waals surface area contributed by atoms with Crippen LogP contribution in [0, 0.1) is 0 Å². The number of hydrogen-bond acceptors (Lipinski definition) is 3. The van der Waals surface area contributed by atoms with Crippen LogP contribution in [-0.4, -0.2) is 41.2 Å². The number of carbonyl (C=O) groups excluding carboxylic acids is 1. The van der Waals surface area contributed by atoms with Crippen LogP contribution in [0.4, 0.5) is 5.69 Å². The number of aromatic nitrogens is 1. The molecular weight excluding hydrogens is 230 g/mol. The average Bonchev–Trinajstić information content (AvgIpc) is 2.79. The Morgan fingerprint density at radius 3 is 3.00 bits per heavy atom. The second kappa shape index (κ2) is 5.44. The zero-order valence-corrected chi connectivity index (χ0v) is 11.1. The summed E-state index contributed by atoms with van der Waals surface area (Å²) in [5, 5.41) is 0. The fourth-order valence-corrected chi connectivity index (χ4v) is 2.29. The molecule has 2 N–H and O–H groups in total. The molecule has 0 saturated carbocycles. The third-order valence-electron chi connectivity index (χ3n) is 3.36. The first kappa shape index (κ1) is 13.0. The molecular formula is C13H21N3O2. The average molecular weight is 251 g/mol. The number of rotatable bonds is 3. The van der Waals surface area contributed by atoms with Crippen LogP contribution >= 0.6 is 0 Å². The summed E-state index contributed by atoms with van der Waals surface area (Å²) in [6.45, 7) is 6.77. The van der Waals surface area contributed by atoms with Gasteiger partial charge < -0.3 is 19.9 Å². The largest absolute Gasteiger partial charge is 0.397 e. The molecule has 0 aliphatic carbocycles. The summed E-state index contributed by atoms with van der Waals surface area (Å²) in [5.74, 6) is 0.0512. The molecule has 1 atom stereocenters. The van der Waals surface area contributed by atoms with Crippen LogP contribution in [-0.2, 0) is 11.3 Å². The lowest BCUT2D eigenvalue weighted by Crippen LogP contribution is -2.45. The molecule has 1 saturated heterocycles. The van der Waals surface area contributed by atoms with E-state index in [0.29, 0.717) is 31.1 Å². The summed E-state index contributed by atoms with van der Waals surface area (Å²) >= 11 is 0. The lowest BCUT2D eigenvalue weighted by molar-refractivity contribution is -0.0229. The standard InChI is InChI=1S/C13H21N3O2/c1-3-11-9-16(5-6-18-11)13(17)12-7-10(14)8-15(12)4-2/h7-8,11H,3-6,9,14H2,1-2H3. The Bertz CT molecular complexity index is 428. The Kier molecular flexibility index (Phi) is 3.91. The first-order valence-corrected chi connectivity index (χ1v) is 6.52. The molecule has 1 aliphatic rings. The van der Waals surface area contributed by atoms with E-state index in [2.05, 4.69) is 6.92 Å². The number of morpholine rings is 1. The Morgan fingerprint density at radius 1 is 1.56 bits per heavy atom. The van der Waals surface area contributed by atoms with Crippen LogP contribution in [0.1, 0.15) is 30.8 Å². The number of aryl methyl sites for hydroxylation is 1. The van der Waals surface area contributed by atoms with Crippen LogP contribution in [0.15, 0.2) is 12.3 Å². The van der Waals surface area contributed by atoms with E-state index in [1.54, 1.807) is 6.07 Å². The van der Waals surface area contributed by atoms with Gasteiger partial charge in [-0.05, 0) is 19.4 Å². The minimum absolute atomic E-state index is 0.0512. The molecule has 18 heavy (non-hydrogen) atoms. The number of anilines is 1. The van der Waals surface area contributed by atoms with Gasteiger partial charge in [0.1, 0.15) is 5.69 Å². The highest BCUT2D eigenvalue weighted by Gasteiger charge is 2.25. The molecule has 0 spiro atoms. The van der Waals surface area contributed by atoms with E-state index >= 15 is 0 Å². The number of ether oxygens (including phenoxy) is 1. The van der Waals surface area contributed by atoms with Crippen LogP contribution in [0.25, 0.3) is 0 Å². The highest BCUT2D eigenvalue weighted by atomic mass is 16.5. The quantitative estimate of drug-likeness (QED) is 0.882. The van der Waals surface area contributed by atoms with Crippen molar-refractivity contribution in [3.8, 4) is 0 Å². The molecule has 5 nitrogen and oxygen atoms in total. The van der Waals surface area contributed by atoms with Crippen molar-refractivity contribution in [2.75, 3.05) is 25.4 Å². The monoisotopic (exact) mass is 251 g/mol. The van der Waals surface area contributed by atoms with Crippen molar-refractivity contribution in [3.63, 3.8) is 0 Å². The zero-order chi connectivity index (χ0) is 13.1. The minimum atomic E-state index is 0.0512. The van der Waals surface area contributed by atoms with Gasteiger partial charge in [-0.25, -0.2) is 0 Å². The number of nitrogens with zero attached hydrogens (tertiary/aromatic N) is 2. The van der Waals surface area contributed by atoms with E-state index < -0.39 is 0 Å². The summed E-state index contributed by atoms with van der Waals surface area (Å²) in [5.41, 5.74) is 7.07. The molecule has 1 aromatic heterocycles. The van der Waals surface area contributed by atoms with Gasteiger partial charge in [0.25, 0.3) is 5.91 Å². The van der Waals surface area contributed by atoms with E-state index in [9.17, 15) is 4.79 Å². The molecule has 100 valence electrons. The maximum atomic E-state index is 12.4. The SMILES string of the molecule is CCC1CN(C(=O)c2cc(N)cn2CC)CCO1. The molecule has 1 aliphatic heterocycles. The molecule has 5 heteroatoms. The van der Waals surface area contributed by atoms with Crippen LogP contribution in [0.2, 0.25) is 0 Å². The van der Waals surface area contributed by atoms with Crippen molar-refractivity contribution >= 4 is 11.6 Å². The molecule has 1 fully saturated rings. The van der Waals surface area contributed by atoms with Gasteiger partial charge in [-0.2, -0.15) is 0 Å². The van der Waals surface area contributed by atoms with E-state index in [1.807, 2.05) is 22.6 Å². The Morgan fingerprint density at radius 2 is 2.33 bits per heavy atom. The number of amides is 1. The van der Waals surface area contributed by atoms with Gasteiger partial charge in [-0.15, -0.1) is 0 Å². The lowest BCUT2D eigenvalue weighted by Gasteiger charge is -2.32. The minimum Gasteiger partial charge on any atom is -0.397 e. The lowest BCUT2D eigenvalue weighted by atomic mass is 10.2. The number of hydrogen-bond donors (Lipinski definition) is 1. The number of carbonyl (C=O) groups is 1. The fourth-order valence-electron chi connectivity index (χ4n) is 2.29. The predicted octanol–water partition coefficient (Wildman–Crippen LogP) is 1.34. The molecule has 0 radical (unpaired) electrons. The van der Waals surface area contributed by atoms with Gasteiger partial charge in [0.05, 0.1) is 18.4 Å².